The fraction of sp³-hybridized carbons (Fsp3) is 0.875. The van der Waals surface area contributed by atoms with Crippen LogP contribution < -0.4 is 0 Å². The molecule has 0 saturated carbocycles. The molecule has 0 N–H and O–H groups in total. The van der Waals surface area contributed by atoms with Crippen LogP contribution in [-0.4, -0.2) is 35.4 Å². The number of thioether (sulfide) groups is 2. The number of nitrogens with zero attached hydrogens (tertiary/aromatic N) is 1. The highest BCUT2D eigenvalue weighted by Crippen LogP contribution is 2.48. The second-order valence-electron chi connectivity index (χ2n) is 2.71. The fourth-order valence-electron chi connectivity index (χ4n) is 1.05. The number of rotatable bonds is 6. The fourth-order valence-corrected chi connectivity index (χ4v) is 4.74. The van der Waals surface area contributed by atoms with E-state index >= 15 is 0 Å². The zero-order chi connectivity index (χ0) is 11.1. The van der Waals surface area contributed by atoms with E-state index in [1.165, 1.54) is 0 Å². The van der Waals surface area contributed by atoms with Crippen LogP contribution in [0.25, 0.3) is 0 Å². The van der Waals surface area contributed by atoms with Crippen molar-refractivity contribution in [3.05, 3.63) is 0 Å². The van der Waals surface area contributed by atoms with Crippen LogP contribution in [0.15, 0.2) is 4.99 Å². The molecule has 7 heteroatoms. The molecule has 1 saturated heterocycles. The third-order valence-corrected chi connectivity index (χ3v) is 5.88. The summed E-state index contributed by atoms with van der Waals surface area (Å²) >= 11 is 3.40. The molecule has 1 aliphatic heterocycles. The molecule has 4 nitrogen and oxygen atoms in total. The van der Waals surface area contributed by atoms with Gasteiger partial charge < -0.3 is 9.05 Å². The third-order valence-electron chi connectivity index (χ3n) is 1.56. The van der Waals surface area contributed by atoms with Crippen LogP contribution in [0.3, 0.4) is 0 Å². The number of aliphatic imine (C=N–C) groups is 1. The van der Waals surface area contributed by atoms with E-state index in [0.717, 1.165) is 15.9 Å². The first-order valence-electron chi connectivity index (χ1n) is 4.88. The zero-order valence-electron chi connectivity index (χ0n) is 8.97. The quantitative estimate of drug-likeness (QED) is 0.694. The molecule has 0 unspecified atom stereocenters. The van der Waals surface area contributed by atoms with Gasteiger partial charge in [-0.15, -0.1) is 0 Å². The summed E-state index contributed by atoms with van der Waals surface area (Å²) in [4.78, 5) is 4.26. The molecule has 0 atom stereocenters. The molecule has 0 amide bonds. The summed E-state index contributed by atoms with van der Waals surface area (Å²) in [7, 11) is -2.99. The Bertz CT molecular complexity index is 255. The van der Waals surface area contributed by atoms with E-state index in [9.17, 15) is 4.57 Å². The molecule has 0 radical (unpaired) electrons. The highest BCUT2D eigenvalue weighted by Gasteiger charge is 2.23. The van der Waals surface area contributed by atoms with Gasteiger partial charge in [0.2, 0.25) is 0 Å². The van der Waals surface area contributed by atoms with Crippen LogP contribution in [-0.2, 0) is 13.6 Å². The first-order chi connectivity index (χ1) is 7.20. The van der Waals surface area contributed by atoms with Gasteiger partial charge in [-0.25, -0.2) is 0 Å². The summed E-state index contributed by atoms with van der Waals surface area (Å²) in [6.07, 6.45) is 0.143. The third kappa shape index (κ3) is 4.91. The molecule has 1 rings (SSSR count). The highest BCUT2D eigenvalue weighted by atomic mass is 32.2. The topological polar surface area (TPSA) is 47.9 Å². The van der Waals surface area contributed by atoms with E-state index in [1.54, 1.807) is 37.4 Å². The SMILES string of the molecule is CCOP(=O)(CN=C1SCCS1)OCC. The van der Waals surface area contributed by atoms with Gasteiger partial charge in [-0.2, -0.15) is 0 Å². The molecule has 1 fully saturated rings. The van der Waals surface area contributed by atoms with Crippen molar-refractivity contribution in [2.75, 3.05) is 31.0 Å². The van der Waals surface area contributed by atoms with Gasteiger partial charge in [0.05, 0.1) is 13.2 Å². The summed E-state index contributed by atoms with van der Waals surface area (Å²) in [6, 6.07) is 0. The van der Waals surface area contributed by atoms with Crippen molar-refractivity contribution in [1.82, 2.24) is 0 Å². The Labute approximate surface area is 99.1 Å². The maximum Gasteiger partial charge on any atom is 0.351 e. The Kier molecular flexibility index (Phi) is 6.31. The lowest BCUT2D eigenvalue weighted by Crippen LogP contribution is -1.99. The van der Waals surface area contributed by atoms with Gasteiger partial charge in [0.25, 0.3) is 0 Å². The van der Waals surface area contributed by atoms with Crippen LogP contribution >= 0.6 is 31.1 Å². The van der Waals surface area contributed by atoms with Gasteiger partial charge in [0.15, 0.2) is 0 Å². The van der Waals surface area contributed by atoms with Crippen molar-refractivity contribution in [2.45, 2.75) is 13.8 Å². The largest absolute Gasteiger partial charge is 0.351 e. The molecular weight excluding hydrogens is 253 g/mol. The molecule has 0 aromatic rings. The van der Waals surface area contributed by atoms with E-state index in [0.29, 0.717) is 13.2 Å². The summed E-state index contributed by atoms with van der Waals surface area (Å²) in [5.74, 6) is 2.16. The second kappa shape index (κ2) is 6.97. The predicted octanol–water partition coefficient (Wildman–Crippen LogP) is 3.05. The molecule has 0 aromatic heterocycles. The van der Waals surface area contributed by atoms with E-state index in [1.807, 2.05) is 0 Å². The Morgan fingerprint density at radius 3 is 2.27 bits per heavy atom. The predicted molar refractivity (Wildman–Crippen MR) is 68.1 cm³/mol. The molecule has 15 heavy (non-hydrogen) atoms. The van der Waals surface area contributed by atoms with Crippen molar-refractivity contribution >= 4 is 35.5 Å². The summed E-state index contributed by atoms with van der Waals surface area (Å²) in [5.41, 5.74) is 0. The Morgan fingerprint density at radius 1 is 1.27 bits per heavy atom. The van der Waals surface area contributed by atoms with Gasteiger partial charge in [-0.3, -0.25) is 9.56 Å². The van der Waals surface area contributed by atoms with E-state index in [4.69, 9.17) is 9.05 Å². The summed E-state index contributed by atoms with van der Waals surface area (Å²) < 4.78 is 23.3. The standard InChI is InChI=1S/C8H16NO3PS2/c1-3-11-13(10,12-4-2)7-9-8-14-5-6-15-8/h3-7H2,1-2H3. The lowest BCUT2D eigenvalue weighted by molar-refractivity contribution is 0.221. The molecule has 0 spiro atoms. The normalized spacial score (nSPS) is 17.1. The minimum Gasteiger partial charge on any atom is -0.308 e. The number of hydrogen-bond donors (Lipinski definition) is 0. The van der Waals surface area contributed by atoms with Crippen LogP contribution in [0.1, 0.15) is 13.8 Å². The van der Waals surface area contributed by atoms with Crippen molar-refractivity contribution in [3.63, 3.8) is 0 Å². The molecule has 88 valence electrons. The van der Waals surface area contributed by atoms with Gasteiger partial charge in [-0.1, -0.05) is 23.5 Å². The first kappa shape index (κ1) is 13.6. The van der Waals surface area contributed by atoms with Crippen molar-refractivity contribution < 1.29 is 13.6 Å². The average Bonchev–Trinajstić information content (AvgIpc) is 2.68. The maximum absolute atomic E-state index is 12.0. The molecule has 0 aliphatic carbocycles. The Morgan fingerprint density at radius 2 is 1.80 bits per heavy atom. The average molecular weight is 269 g/mol. The van der Waals surface area contributed by atoms with Crippen LogP contribution in [0.2, 0.25) is 0 Å². The van der Waals surface area contributed by atoms with Crippen LogP contribution in [0, 0.1) is 0 Å². The van der Waals surface area contributed by atoms with E-state index in [2.05, 4.69) is 4.99 Å². The van der Waals surface area contributed by atoms with Crippen molar-refractivity contribution in [1.29, 1.82) is 0 Å². The lowest BCUT2D eigenvalue weighted by Gasteiger charge is -2.14. The monoisotopic (exact) mass is 269 g/mol. The van der Waals surface area contributed by atoms with Gasteiger partial charge in [0.1, 0.15) is 10.7 Å². The first-order valence-corrected chi connectivity index (χ1v) is 8.58. The van der Waals surface area contributed by atoms with Gasteiger partial charge >= 0.3 is 7.60 Å². The van der Waals surface area contributed by atoms with Gasteiger partial charge in [-0.05, 0) is 13.8 Å². The molecule has 1 heterocycles. The van der Waals surface area contributed by atoms with Crippen LogP contribution in [0.4, 0.5) is 0 Å². The lowest BCUT2D eigenvalue weighted by atomic mass is 10.9. The Hall–Kier alpha value is 0.520. The molecule has 0 aromatic carbocycles. The molecule has 0 bridgehead atoms. The van der Waals surface area contributed by atoms with Crippen molar-refractivity contribution in [3.8, 4) is 0 Å². The zero-order valence-corrected chi connectivity index (χ0v) is 11.5. The van der Waals surface area contributed by atoms with E-state index in [-0.39, 0.29) is 6.29 Å². The molecule has 1 aliphatic rings. The van der Waals surface area contributed by atoms with Gasteiger partial charge in [0, 0.05) is 11.5 Å². The van der Waals surface area contributed by atoms with Crippen molar-refractivity contribution in [2.24, 2.45) is 4.99 Å². The Balaban J connectivity index is 2.50. The smallest absolute Gasteiger partial charge is 0.308 e. The second-order valence-corrected chi connectivity index (χ2v) is 7.16. The highest BCUT2D eigenvalue weighted by molar-refractivity contribution is 8.41. The maximum atomic E-state index is 12.0. The summed E-state index contributed by atoms with van der Waals surface area (Å²) in [5, 5.41) is 0. The molecular formula is C8H16NO3PS2. The van der Waals surface area contributed by atoms with E-state index < -0.39 is 7.60 Å². The number of hydrogen-bond acceptors (Lipinski definition) is 6. The minimum atomic E-state index is -2.99. The summed E-state index contributed by atoms with van der Waals surface area (Å²) in [6.45, 7) is 4.39. The van der Waals surface area contributed by atoms with Crippen LogP contribution in [0.5, 0.6) is 0 Å². The minimum absolute atomic E-state index is 0.143.